The number of hydrogen-bond donors (Lipinski definition) is 3. The van der Waals surface area contributed by atoms with Gasteiger partial charge in [-0.3, -0.25) is 0 Å². The van der Waals surface area contributed by atoms with E-state index in [2.05, 4.69) is 25.9 Å². The molecular weight excluding hydrogens is 544 g/mol. The molecule has 1 amide bonds. The fraction of sp³-hybridized carbons (Fsp3) is 0.560. The molecule has 0 atom stereocenters. The number of quaternary nitrogens is 1. The first-order valence-electron chi connectivity index (χ1n) is 13.0. The lowest BCUT2D eigenvalue weighted by atomic mass is 10.1. The molecule has 2 aliphatic rings. The van der Waals surface area contributed by atoms with Crippen LogP contribution in [0.25, 0.3) is 0 Å². The smallest absolute Gasteiger partial charge is 0.410 e. The fourth-order valence-corrected chi connectivity index (χ4v) is 4.23. The predicted molar refractivity (Wildman–Crippen MR) is 145 cm³/mol. The van der Waals surface area contributed by atoms with E-state index in [1.54, 1.807) is 17.0 Å². The Morgan fingerprint density at radius 1 is 0.900 bits per heavy atom. The molecule has 4 rings (SSSR count). The number of hydrogen-bond acceptors (Lipinski definition) is 10. The molecule has 0 spiro atoms. The number of likely N-dealkylation sites (tertiary alicyclic amines) is 1. The molecule has 14 nitrogen and oxygen atoms in total. The number of carbonyl (C=O) groups is 1. The normalized spacial score (nSPS) is 16.0. The zero-order chi connectivity index (χ0) is 28.4. The summed E-state index contributed by atoms with van der Waals surface area (Å²) in [5, 5.41) is 29.9. The zero-order valence-corrected chi connectivity index (χ0v) is 23.7. The highest BCUT2D eigenvalue weighted by Gasteiger charge is 2.27. The van der Waals surface area contributed by atoms with Crippen LogP contribution in [0.1, 0.15) is 46.5 Å². The Morgan fingerprint density at radius 2 is 1.35 bits per heavy atom. The van der Waals surface area contributed by atoms with Gasteiger partial charge in [-0.05, 0) is 65.6 Å². The largest absolute Gasteiger partial charge is 1.00 e. The maximum Gasteiger partial charge on any atom is 0.410 e. The van der Waals surface area contributed by atoms with Crippen LogP contribution >= 0.6 is 0 Å². The predicted octanol–water partition coefficient (Wildman–Crippen LogP) is -0.0673. The molecule has 0 radical (unpaired) electrons. The van der Waals surface area contributed by atoms with Crippen LogP contribution in [-0.4, -0.2) is 74.7 Å². The number of carbonyl (C=O) groups excluding carboxylic acids is 1. The monoisotopic (exact) mass is 580 g/mol. The van der Waals surface area contributed by atoms with Crippen molar-refractivity contribution in [2.45, 2.75) is 64.1 Å². The van der Waals surface area contributed by atoms with Crippen molar-refractivity contribution >= 4 is 29.1 Å². The summed E-state index contributed by atoms with van der Waals surface area (Å²) in [6.45, 7) is 9.05. The molecule has 2 aromatic heterocycles. The third-order valence-electron chi connectivity index (χ3n) is 6.20. The van der Waals surface area contributed by atoms with E-state index in [1.807, 2.05) is 20.8 Å². The molecular formula is C25H37ClN8O6. The van der Waals surface area contributed by atoms with E-state index in [4.69, 9.17) is 4.74 Å². The molecule has 40 heavy (non-hydrogen) atoms. The SMILES string of the molecule is CC(C)(C)OC(=O)N1CCC(Nc2ccc([N+](=O)[O-])nc2)CC1.O=[N+]([O-])c1ccc(NC2CC[NH2+]CC2)cn1.[Cl-]. The first-order valence-corrected chi connectivity index (χ1v) is 13.0. The van der Waals surface area contributed by atoms with E-state index in [0.717, 1.165) is 50.1 Å². The molecule has 15 heteroatoms. The van der Waals surface area contributed by atoms with Crippen molar-refractivity contribution in [3.63, 3.8) is 0 Å². The van der Waals surface area contributed by atoms with Gasteiger partial charge in [0.15, 0.2) is 12.4 Å². The molecule has 2 aliphatic heterocycles. The first-order chi connectivity index (χ1) is 18.5. The van der Waals surface area contributed by atoms with E-state index < -0.39 is 15.4 Å². The van der Waals surface area contributed by atoms with E-state index in [9.17, 15) is 25.0 Å². The molecule has 0 bridgehead atoms. The standard InChI is InChI=1S/C15H22N4O4.C10H14N4O2.ClH/c1-15(2,3)23-14(20)18-8-6-11(7-9-18)17-12-4-5-13(16-10-12)19(21)22;15-14(16)10-2-1-9(7-12-10)13-8-3-5-11-6-4-8;/h4-5,10-11,17H,6-9H2,1-3H3;1-2,7-8,11,13H,3-6H2;1H. The summed E-state index contributed by atoms with van der Waals surface area (Å²) in [7, 11) is 0. The Labute approximate surface area is 239 Å². The van der Waals surface area contributed by atoms with Gasteiger partial charge >= 0.3 is 17.7 Å². The molecule has 0 aliphatic carbocycles. The second kappa shape index (κ2) is 15.1. The Balaban J connectivity index is 0.000000290. The topological polar surface area (TPSA) is 182 Å². The van der Waals surface area contributed by atoms with Crippen LogP contribution in [0.5, 0.6) is 0 Å². The van der Waals surface area contributed by atoms with Crippen LogP contribution < -0.4 is 28.4 Å². The molecule has 4 N–H and O–H groups in total. The number of nitrogens with zero attached hydrogens (tertiary/aromatic N) is 5. The maximum absolute atomic E-state index is 12.0. The van der Waals surface area contributed by atoms with Crippen LogP contribution in [-0.2, 0) is 4.74 Å². The van der Waals surface area contributed by atoms with Gasteiger partial charge in [0, 0.05) is 50.1 Å². The number of nitro groups is 2. The van der Waals surface area contributed by atoms with Crippen molar-refractivity contribution < 1.29 is 37.1 Å². The lowest BCUT2D eigenvalue weighted by Crippen LogP contribution is -3.00. The highest BCUT2D eigenvalue weighted by Crippen LogP contribution is 2.20. The lowest BCUT2D eigenvalue weighted by Gasteiger charge is -2.33. The first kappa shape index (κ1) is 32.4. The number of rotatable bonds is 6. The second-order valence-electron chi connectivity index (χ2n) is 10.5. The fourth-order valence-electron chi connectivity index (χ4n) is 4.23. The van der Waals surface area contributed by atoms with E-state index >= 15 is 0 Å². The van der Waals surface area contributed by atoms with Crippen LogP contribution in [0.3, 0.4) is 0 Å². The Morgan fingerprint density at radius 3 is 1.73 bits per heavy atom. The lowest BCUT2D eigenvalue weighted by molar-refractivity contribution is -0.662. The molecule has 2 aromatic rings. The average molecular weight is 581 g/mol. The minimum Gasteiger partial charge on any atom is -1.00 e. The van der Waals surface area contributed by atoms with Crippen molar-refractivity contribution in [2.24, 2.45) is 0 Å². The van der Waals surface area contributed by atoms with Gasteiger partial charge in [0.1, 0.15) is 5.60 Å². The highest BCUT2D eigenvalue weighted by molar-refractivity contribution is 5.68. The Kier molecular flexibility index (Phi) is 12.3. The van der Waals surface area contributed by atoms with Gasteiger partial charge in [-0.1, -0.05) is 0 Å². The third kappa shape index (κ3) is 10.8. The number of nitrogens with one attached hydrogen (secondary N) is 2. The van der Waals surface area contributed by atoms with Crippen LogP contribution in [0, 0.1) is 20.2 Å². The molecule has 0 aromatic carbocycles. The number of nitrogens with two attached hydrogens (primary N) is 1. The van der Waals surface area contributed by atoms with E-state index in [1.165, 1.54) is 24.5 Å². The van der Waals surface area contributed by atoms with Gasteiger partial charge in [-0.15, -0.1) is 0 Å². The number of ether oxygens (including phenoxy) is 1. The van der Waals surface area contributed by atoms with Crippen molar-refractivity contribution in [1.82, 2.24) is 14.9 Å². The van der Waals surface area contributed by atoms with Crippen LogP contribution in [0.4, 0.5) is 27.8 Å². The van der Waals surface area contributed by atoms with E-state index in [-0.39, 0.29) is 36.2 Å². The summed E-state index contributed by atoms with van der Waals surface area (Å²) in [6.07, 6.45) is 6.52. The van der Waals surface area contributed by atoms with Gasteiger partial charge in [-0.2, -0.15) is 0 Å². The van der Waals surface area contributed by atoms with Crippen molar-refractivity contribution in [2.75, 3.05) is 36.8 Å². The van der Waals surface area contributed by atoms with Gasteiger partial charge in [0.25, 0.3) is 0 Å². The molecule has 2 fully saturated rings. The van der Waals surface area contributed by atoms with Crippen LogP contribution in [0.15, 0.2) is 36.7 Å². The summed E-state index contributed by atoms with van der Waals surface area (Å²) in [6, 6.07) is 6.83. The van der Waals surface area contributed by atoms with Gasteiger partial charge in [0.2, 0.25) is 0 Å². The number of halogens is 1. The zero-order valence-electron chi connectivity index (χ0n) is 22.9. The van der Waals surface area contributed by atoms with Crippen molar-refractivity contribution in [3.8, 4) is 0 Å². The van der Waals surface area contributed by atoms with Crippen molar-refractivity contribution in [1.29, 1.82) is 0 Å². The van der Waals surface area contributed by atoms with Gasteiger partial charge in [0.05, 0.1) is 24.5 Å². The molecule has 0 saturated carbocycles. The summed E-state index contributed by atoms with van der Waals surface area (Å²) in [5.74, 6) is -0.280. The Bertz CT molecular complexity index is 1100. The highest BCUT2D eigenvalue weighted by atomic mass is 35.5. The molecule has 4 heterocycles. The summed E-state index contributed by atoms with van der Waals surface area (Å²) in [4.78, 5) is 41.2. The summed E-state index contributed by atoms with van der Waals surface area (Å²) < 4.78 is 5.36. The van der Waals surface area contributed by atoms with Gasteiger partial charge < -0.3 is 58.2 Å². The van der Waals surface area contributed by atoms with Gasteiger partial charge in [-0.25, -0.2) is 4.79 Å². The number of aromatic nitrogens is 2. The summed E-state index contributed by atoms with van der Waals surface area (Å²) >= 11 is 0. The number of pyridine rings is 2. The quantitative estimate of drug-likeness (QED) is 0.309. The summed E-state index contributed by atoms with van der Waals surface area (Å²) in [5.41, 5.74) is 1.11. The molecule has 220 valence electrons. The average Bonchev–Trinajstić information content (AvgIpc) is 2.90. The number of piperidine rings is 2. The minimum atomic E-state index is -0.525. The van der Waals surface area contributed by atoms with Crippen molar-refractivity contribution in [3.05, 3.63) is 56.9 Å². The van der Waals surface area contributed by atoms with Crippen LogP contribution in [0.2, 0.25) is 0 Å². The minimum absolute atomic E-state index is 0. The van der Waals surface area contributed by atoms with E-state index in [0.29, 0.717) is 19.1 Å². The Hall–Kier alpha value is -3.78. The maximum atomic E-state index is 12.0. The molecule has 0 unspecified atom stereocenters. The number of anilines is 2. The number of amides is 1. The second-order valence-corrected chi connectivity index (χ2v) is 10.5. The third-order valence-corrected chi connectivity index (χ3v) is 6.20. The molecule has 2 saturated heterocycles.